The normalized spacial score (nSPS) is 31.8. The van der Waals surface area contributed by atoms with Gasteiger partial charge in [0.1, 0.15) is 11.5 Å². The first-order valence-corrected chi connectivity index (χ1v) is 19.1. The van der Waals surface area contributed by atoms with Crippen LogP contribution in [0.2, 0.25) is 5.02 Å². The van der Waals surface area contributed by atoms with E-state index >= 15 is 0 Å². The third-order valence-corrected chi connectivity index (χ3v) is 13.9. The van der Waals surface area contributed by atoms with Crippen LogP contribution in [0.5, 0.6) is 5.75 Å². The fraction of sp³-hybridized carbons (Fsp3) is 0.568. The fourth-order valence-electron chi connectivity index (χ4n) is 8.09. The van der Waals surface area contributed by atoms with Crippen LogP contribution in [0.3, 0.4) is 0 Å². The molecule has 6 rings (SSSR count). The van der Waals surface area contributed by atoms with Gasteiger partial charge in [-0.25, -0.2) is 4.21 Å². The number of allylic oxidation sites excluding steroid dienone is 1. The van der Waals surface area contributed by atoms with Crippen LogP contribution >= 0.6 is 11.6 Å². The molecule has 6 atom stereocenters. The molecule has 46 heavy (non-hydrogen) atoms. The van der Waals surface area contributed by atoms with Crippen LogP contribution < -0.4 is 9.64 Å². The van der Waals surface area contributed by atoms with E-state index < -0.39 is 15.6 Å². The lowest BCUT2D eigenvalue weighted by atomic mass is 9.68. The Morgan fingerprint density at radius 1 is 1.17 bits per heavy atom. The van der Waals surface area contributed by atoms with E-state index in [1.54, 1.807) is 20.1 Å². The molecule has 0 saturated heterocycles. The second-order valence-electron chi connectivity index (χ2n) is 13.6. The molecule has 2 aliphatic carbocycles. The van der Waals surface area contributed by atoms with Gasteiger partial charge in [0.15, 0.2) is 0 Å². The summed E-state index contributed by atoms with van der Waals surface area (Å²) >= 11 is 6.44. The zero-order valence-corrected chi connectivity index (χ0v) is 28.9. The Balaban J connectivity index is 1.46. The second kappa shape index (κ2) is 13.8. The Morgan fingerprint density at radius 3 is 2.76 bits per heavy atom. The number of anilines is 1. The molecule has 1 saturated carbocycles. The number of methoxy groups -OCH3 is 1. The van der Waals surface area contributed by atoms with Crippen molar-refractivity contribution in [3.63, 3.8) is 0 Å². The minimum atomic E-state index is -3.14. The molecule has 1 spiro atoms. The largest absolute Gasteiger partial charge is 0.490 e. The van der Waals surface area contributed by atoms with Crippen molar-refractivity contribution in [2.24, 2.45) is 16.2 Å². The first-order chi connectivity index (χ1) is 22.2. The van der Waals surface area contributed by atoms with E-state index in [0.29, 0.717) is 43.3 Å². The molecule has 7 nitrogen and oxygen atoms in total. The van der Waals surface area contributed by atoms with Crippen LogP contribution in [-0.2, 0) is 31.1 Å². The first kappa shape index (κ1) is 33.2. The second-order valence-corrected chi connectivity index (χ2v) is 16.6. The lowest BCUT2D eigenvalue weighted by molar-refractivity contribution is -0.116. The molecule has 2 heterocycles. The number of Topliss-reactive ketones (excluding diaryl/α,β-unsaturated/α-hetero) is 1. The number of benzene rings is 2. The molecule has 248 valence electrons. The number of carbonyl (C=O) groups is 2. The zero-order valence-electron chi connectivity index (χ0n) is 27.3. The standard InChI is InChI=1S/C37H47ClN2O5S/c1-4-29(41)22-46(43)30(5-2)10-6-7-11-34(44-3)31-15-12-27(31)21-40-23-37(18-8-9-25-19-28(38)14-16-32(25)37)24-45-35-17-13-26(20-33(35)40)36(42)39-46/h7,11,13-14,16-17,19-20,27,30-31,34H,4-6,8-10,12,15,18,21-24H2,1-3H3/b11-7+/t27-,30+,31+,34-,37-,46-/m0/s1. The summed E-state index contributed by atoms with van der Waals surface area (Å²) in [6.45, 7) is 5.82. The van der Waals surface area contributed by atoms with Crippen molar-refractivity contribution in [2.75, 3.05) is 37.5 Å². The Hall–Kier alpha value is -2.68. The molecular weight excluding hydrogens is 620 g/mol. The highest BCUT2D eigenvalue weighted by atomic mass is 35.5. The van der Waals surface area contributed by atoms with Crippen LogP contribution in [0.15, 0.2) is 52.9 Å². The minimum absolute atomic E-state index is 0.00966. The third kappa shape index (κ3) is 6.54. The van der Waals surface area contributed by atoms with Gasteiger partial charge >= 0.3 is 0 Å². The van der Waals surface area contributed by atoms with Gasteiger partial charge in [-0.15, -0.1) is 0 Å². The first-order valence-electron chi connectivity index (χ1n) is 17.0. The van der Waals surface area contributed by atoms with Gasteiger partial charge in [-0.05, 0) is 105 Å². The fourth-order valence-corrected chi connectivity index (χ4v) is 10.8. The summed E-state index contributed by atoms with van der Waals surface area (Å²) in [5.74, 6) is 0.668. The Kier molecular flexibility index (Phi) is 9.98. The van der Waals surface area contributed by atoms with Crippen molar-refractivity contribution in [2.45, 2.75) is 88.4 Å². The SMILES string of the molecule is CCC(=O)C[S@@]1(=O)=NC(=O)c2ccc3c(c2)N(C[C@@H]2CC[C@H]2[C@@H](OC)/C=C/CC[C@H]1CC)C[C@@]1(CCCc2cc(Cl)ccc21)CO3. The Bertz CT molecular complexity index is 1630. The molecule has 0 aromatic heterocycles. The maximum atomic E-state index is 14.5. The lowest BCUT2D eigenvalue weighted by Gasteiger charge is -2.46. The predicted octanol–water partition coefficient (Wildman–Crippen LogP) is 7.57. The molecule has 1 fully saturated rings. The van der Waals surface area contributed by atoms with Crippen LogP contribution in [0, 0.1) is 11.8 Å². The quantitative estimate of drug-likeness (QED) is 0.306. The summed E-state index contributed by atoms with van der Waals surface area (Å²) in [5.41, 5.74) is 3.59. The number of rotatable bonds is 5. The van der Waals surface area contributed by atoms with Crippen LogP contribution in [-0.4, -0.2) is 59.8 Å². The molecule has 2 bridgehead atoms. The van der Waals surface area contributed by atoms with E-state index in [9.17, 15) is 13.8 Å². The number of carbonyl (C=O) groups excluding carboxylic acids is 2. The third-order valence-electron chi connectivity index (χ3n) is 10.9. The molecule has 2 aromatic carbocycles. The zero-order chi connectivity index (χ0) is 32.5. The number of ether oxygens (including phenoxy) is 2. The molecule has 1 amide bonds. The van der Waals surface area contributed by atoms with Gasteiger partial charge in [0.05, 0.1) is 33.9 Å². The number of ketones is 1. The average molecular weight is 667 g/mol. The Morgan fingerprint density at radius 2 is 2.02 bits per heavy atom. The number of nitrogens with zero attached hydrogens (tertiary/aromatic N) is 2. The number of fused-ring (bicyclic) bond motifs is 4. The minimum Gasteiger partial charge on any atom is -0.490 e. The summed E-state index contributed by atoms with van der Waals surface area (Å²) in [7, 11) is -1.36. The van der Waals surface area contributed by atoms with Crippen LogP contribution in [0.25, 0.3) is 0 Å². The molecule has 4 aliphatic rings. The number of aryl methyl sites for hydroxylation is 1. The average Bonchev–Trinajstić information content (AvgIpc) is 3.18. The van der Waals surface area contributed by atoms with Gasteiger partial charge in [0.2, 0.25) is 0 Å². The maximum Gasteiger partial charge on any atom is 0.285 e. The molecular formula is C37H47ClN2O5S. The summed E-state index contributed by atoms with van der Waals surface area (Å²) in [6.07, 6.45) is 11.6. The van der Waals surface area contributed by atoms with Crippen LogP contribution in [0.1, 0.15) is 86.7 Å². The summed E-state index contributed by atoms with van der Waals surface area (Å²) < 4.78 is 31.6. The van der Waals surface area contributed by atoms with Crippen molar-refractivity contribution in [3.8, 4) is 5.75 Å². The van der Waals surface area contributed by atoms with Gasteiger partial charge in [-0.1, -0.05) is 43.7 Å². The van der Waals surface area contributed by atoms with Crippen molar-refractivity contribution < 1.29 is 23.3 Å². The highest BCUT2D eigenvalue weighted by Gasteiger charge is 2.44. The molecule has 2 aromatic rings. The summed E-state index contributed by atoms with van der Waals surface area (Å²) in [6, 6.07) is 11.7. The van der Waals surface area contributed by atoms with E-state index in [1.165, 1.54) is 11.1 Å². The smallest absolute Gasteiger partial charge is 0.285 e. The molecule has 0 N–H and O–H groups in total. The predicted molar refractivity (Wildman–Crippen MR) is 185 cm³/mol. The van der Waals surface area contributed by atoms with Gasteiger partial charge in [0.25, 0.3) is 5.91 Å². The van der Waals surface area contributed by atoms with E-state index in [4.69, 9.17) is 21.1 Å². The van der Waals surface area contributed by atoms with E-state index in [0.717, 1.165) is 61.7 Å². The van der Waals surface area contributed by atoms with Gasteiger partial charge in [-0.3, -0.25) is 9.59 Å². The summed E-state index contributed by atoms with van der Waals surface area (Å²) in [4.78, 5) is 29.0. The molecule has 0 unspecified atom stereocenters. The van der Waals surface area contributed by atoms with E-state index in [-0.39, 0.29) is 34.7 Å². The van der Waals surface area contributed by atoms with Crippen molar-refractivity contribution in [1.29, 1.82) is 0 Å². The van der Waals surface area contributed by atoms with Crippen LogP contribution in [0.4, 0.5) is 5.69 Å². The monoisotopic (exact) mass is 666 g/mol. The number of halogens is 1. The topological polar surface area (TPSA) is 85.3 Å². The number of amides is 1. The highest BCUT2D eigenvalue weighted by molar-refractivity contribution is 7.95. The van der Waals surface area contributed by atoms with Gasteiger partial charge in [0, 0.05) is 47.9 Å². The highest BCUT2D eigenvalue weighted by Crippen LogP contribution is 2.47. The molecule has 2 aliphatic heterocycles. The summed E-state index contributed by atoms with van der Waals surface area (Å²) in [5, 5.41) is 0.381. The number of hydrogen-bond donors (Lipinski definition) is 0. The molecule has 0 radical (unpaired) electrons. The molecule has 9 heteroatoms. The van der Waals surface area contributed by atoms with Gasteiger partial charge < -0.3 is 14.4 Å². The lowest BCUT2D eigenvalue weighted by Crippen LogP contribution is -2.49. The number of hydrogen-bond acceptors (Lipinski definition) is 6. The van der Waals surface area contributed by atoms with E-state index in [1.807, 2.05) is 25.1 Å². The van der Waals surface area contributed by atoms with Crippen molar-refractivity contribution in [1.82, 2.24) is 0 Å². The van der Waals surface area contributed by atoms with Crippen molar-refractivity contribution in [3.05, 3.63) is 70.3 Å². The Labute approximate surface area is 279 Å². The van der Waals surface area contributed by atoms with E-state index in [2.05, 4.69) is 33.5 Å². The maximum absolute atomic E-state index is 14.5. The van der Waals surface area contributed by atoms with Crippen molar-refractivity contribution >= 4 is 38.7 Å². The van der Waals surface area contributed by atoms with Gasteiger partial charge in [-0.2, -0.15) is 4.36 Å².